The van der Waals surface area contributed by atoms with Crippen molar-refractivity contribution in [3.05, 3.63) is 23.4 Å². The molecule has 1 aliphatic carbocycles. The zero-order valence-corrected chi connectivity index (χ0v) is 11.8. The molecule has 1 unspecified atom stereocenters. The van der Waals surface area contributed by atoms with Gasteiger partial charge in [0.25, 0.3) is 0 Å². The van der Waals surface area contributed by atoms with Crippen molar-refractivity contribution in [1.82, 2.24) is 9.88 Å². The molecule has 1 atom stereocenters. The average molecular weight is 289 g/mol. The van der Waals surface area contributed by atoms with Crippen LogP contribution in [-0.2, 0) is 17.6 Å². The molecule has 112 valence electrons. The Kier molecular flexibility index (Phi) is 3.77. The van der Waals surface area contributed by atoms with Crippen LogP contribution in [0.4, 0.5) is 10.6 Å². The standard InChI is InChI=1S/C15H19N3O3/c19-14(20)12-5-2-6-18(9-12)15(21)17-13-7-10-3-1-4-11(10)8-16-13/h7-8,12H,1-6,9H2,(H,19,20)(H,16,17,21). The van der Waals surface area contributed by atoms with Gasteiger partial charge in [0.05, 0.1) is 5.92 Å². The van der Waals surface area contributed by atoms with Gasteiger partial charge in [-0.15, -0.1) is 0 Å². The lowest BCUT2D eigenvalue weighted by Gasteiger charge is -2.30. The van der Waals surface area contributed by atoms with Gasteiger partial charge in [0.15, 0.2) is 0 Å². The molecule has 21 heavy (non-hydrogen) atoms. The second kappa shape index (κ2) is 5.71. The lowest BCUT2D eigenvalue weighted by atomic mass is 9.99. The number of amides is 2. The molecule has 0 aromatic carbocycles. The smallest absolute Gasteiger partial charge is 0.323 e. The average Bonchev–Trinajstić information content (AvgIpc) is 2.95. The molecule has 6 heteroatoms. The Bertz CT molecular complexity index is 573. The molecule has 2 heterocycles. The molecule has 1 aliphatic heterocycles. The number of fused-ring (bicyclic) bond motifs is 1. The van der Waals surface area contributed by atoms with Gasteiger partial charge in [0.2, 0.25) is 0 Å². The van der Waals surface area contributed by atoms with Crippen LogP contribution >= 0.6 is 0 Å². The number of hydrogen-bond donors (Lipinski definition) is 2. The van der Waals surface area contributed by atoms with Crippen LogP contribution < -0.4 is 5.32 Å². The van der Waals surface area contributed by atoms with Crippen LogP contribution in [0.5, 0.6) is 0 Å². The summed E-state index contributed by atoms with van der Waals surface area (Å²) < 4.78 is 0. The minimum atomic E-state index is -0.830. The van der Waals surface area contributed by atoms with Gasteiger partial charge in [-0.2, -0.15) is 0 Å². The van der Waals surface area contributed by atoms with Gasteiger partial charge >= 0.3 is 12.0 Å². The van der Waals surface area contributed by atoms with Crippen LogP contribution in [0.15, 0.2) is 12.3 Å². The molecule has 1 aromatic rings. The van der Waals surface area contributed by atoms with E-state index < -0.39 is 11.9 Å². The van der Waals surface area contributed by atoms with Crippen LogP contribution in [-0.4, -0.2) is 40.1 Å². The number of pyridine rings is 1. The summed E-state index contributed by atoms with van der Waals surface area (Å²) in [4.78, 5) is 29.1. The number of aliphatic carboxylic acids is 1. The molecular weight excluding hydrogens is 270 g/mol. The SMILES string of the molecule is O=C(O)C1CCCN(C(=O)Nc2cc3c(cn2)CCC3)C1. The Labute approximate surface area is 123 Å². The molecule has 3 rings (SSSR count). The summed E-state index contributed by atoms with van der Waals surface area (Å²) in [5.41, 5.74) is 2.51. The summed E-state index contributed by atoms with van der Waals surface area (Å²) in [6, 6.07) is 1.67. The number of nitrogens with one attached hydrogen (secondary N) is 1. The fraction of sp³-hybridized carbons (Fsp3) is 0.533. The number of hydrogen-bond acceptors (Lipinski definition) is 3. The number of carboxylic acid groups (broad SMARTS) is 1. The molecular formula is C15H19N3O3. The molecule has 1 aromatic heterocycles. The van der Waals surface area contributed by atoms with Crippen molar-refractivity contribution in [3.63, 3.8) is 0 Å². The van der Waals surface area contributed by atoms with E-state index in [1.54, 1.807) is 4.90 Å². The second-order valence-corrected chi connectivity index (χ2v) is 5.75. The number of carboxylic acids is 1. The minimum absolute atomic E-state index is 0.258. The van der Waals surface area contributed by atoms with E-state index in [0.29, 0.717) is 18.8 Å². The monoisotopic (exact) mass is 289 g/mol. The molecule has 2 N–H and O–H groups in total. The molecule has 1 saturated heterocycles. The Morgan fingerprint density at radius 3 is 2.90 bits per heavy atom. The molecule has 2 amide bonds. The first-order valence-corrected chi connectivity index (χ1v) is 7.40. The van der Waals surface area contributed by atoms with Crippen molar-refractivity contribution in [2.45, 2.75) is 32.1 Å². The lowest BCUT2D eigenvalue weighted by molar-refractivity contribution is -0.143. The predicted molar refractivity (Wildman–Crippen MR) is 77.2 cm³/mol. The van der Waals surface area contributed by atoms with Crippen molar-refractivity contribution in [2.75, 3.05) is 18.4 Å². The molecule has 0 bridgehead atoms. The number of aromatic nitrogens is 1. The summed E-state index contributed by atoms with van der Waals surface area (Å²) in [6.07, 6.45) is 6.42. The molecule has 6 nitrogen and oxygen atoms in total. The van der Waals surface area contributed by atoms with E-state index in [1.807, 2.05) is 12.3 Å². The quantitative estimate of drug-likeness (QED) is 0.871. The van der Waals surface area contributed by atoms with Crippen LogP contribution in [0.3, 0.4) is 0 Å². The zero-order valence-electron chi connectivity index (χ0n) is 11.8. The normalized spacial score (nSPS) is 21.0. The fourth-order valence-electron chi connectivity index (χ4n) is 3.07. The van der Waals surface area contributed by atoms with Gasteiger partial charge in [-0.3, -0.25) is 10.1 Å². The highest BCUT2D eigenvalue weighted by atomic mass is 16.4. The van der Waals surface area contributed by atoms with Crippen molar-refractivity contribution >= 4 is 17.8 Å². The van der Waals surface area contributed by atoms with Gasteiger partial charge < -0.3 is 10.0 Å². The van der Waals surface area contributed by atoms with Crippen molar-refractivity contribution in [3.8, 4) is 0 Å². The lowest BCUT2D eigenvalue weighted by Crippen LogP contribution is -2.44. The number of nitrogens with zero attached hydrogens (tertiary/aromatic N) is 2. The summed E-state index contributed by atoms with van der Waals surface area (Å²) >= 11 is 0. The van der Waals surface area contributed by atoms with E-state index in [2.05, 4.69) is 10.3 Å². The van der Waals surface area contributed by atoms with Crippen LogP contribution in [0.1, 0.15) is 30.4 Å². The maximum atomic E-state index is 12.2. The van der Waals surface area contributed by atoms with E-state index in [0.717, 1.165) is 25.7 Å². The number of carbonyl (C=O) groups excluding carboxylic acids is 1. The summed E-state index contributed by atoms with van der Waals surface area (Å²) in [7, 11) is 0. The van der Waals surface area contributed by atoms with E-state index in [1.165, 1.54) is 11.1 Å². The van der Waals surface area contributed by atoms with Crippen LogP contribution in [0, 0.1) is 5.92 Å². The highest BCUT2D eigenvalue weighted by Gasteiger charge is 2.28. The topological polar surface area (TPSA) is 82.5 Å². The van der Waals surface area contributed by atoms with Crippen molar-refractivity contribution in [1.29, 1.82) is 0 Å². The van der Waals surface area contributed by atoms with Crippen molar-refractivity contribution < 1.29 is 14.7 Å². The Balaban J connectivity index is 1.64. The minimum Gasteiger partial charge on any atom is -0.481 e. The molecule has 0 radical (unpaired) electrons. The van der Waals surface area contributed by atoms with Gasteiger partial charge in [0, 0.05) is 19.3 Å². The third-order valence-corrected chi connectivity index (χ3v) is 4.27. The second-order valence-electron chi connectivity index (χ2n) is 5.75. The predicted octanol–water partition coefficient (Wildman–Crippen LogP) is 1.90. The van der Waals surface area contributed by atoms with Gasteiger partial charge in [0.1, 0.15) is 5.82 Å². The fourth-order valence-corrected chi connectivity index (χ4v) is 3.07. The zero-order chi connectivity index (χ0) is 14.8. The maximum Gasteiger partial charge on any atom is 0.323 e. The van der Waals surface area contributed by atoms with Gasteiger partial charge in [-0.05, 0) is 49.3 Å². The first-order chi connectivity index (χ1) is 10.1. The third kappa shape index (κ3) is 2.99. The highest BCUT2D eigenvalue weighted by Crippen LogP contribution is 2.23. The molecule has 0 saturated carbocycles. The summed E-state index contributed by atoms with van der Waals surface area (Å²) in [5.74, 6) is -0.737. The maximum absolute atomic E-state index is 12.2. The Hall–Kier alpha value is -2.11. The van der Waals surface area contributed by atoms with E-state index in [9.17, 15) is 9.59 Å². The number of carbonyl (C=O) groups is 2. The van der Waals surface area contributed by atoms with E-state index in [-0.39, 0.29) is 12.6 Å². The van der Waals surface area contributed by atoms with E-state index >= 15 is 0 Å². The Morgan fingerprint density at radius 2 is 2.10 bits per heavy atom. The number of rotatable bonds is 2. The first-order valence-electron chi connectivity index (χ1n) is 7.40. The van der Waals surface area contributed by atoms with Crippen molar-refractivity contribution in [2.24, 2.45) is 5.92 Å². The summed E-state index contributed by atoms with van der Waals surface area (Å²) in [6.45, 7) is 0.868. The summed E-state index contributed by atoms with van der Waals surface area (Å²) in [5, 5.41) is 11.8. The molecule has 2 aliphatic rings. The first kappa shape index (κ1) is 13.9. The number of piperidine rings is 1. The van der Waals surface area contributed by atoms with Crippen LogP contribution in [0.25, 0.3) is 0 Å². The number of urea groups is 1. The number of aryl methyl sites for hydroxylation is 2. The Morgan fingerprint density at radius 1 is 1.29 bits per heavy atom. The van der Waals surface area contributed by atoms with Gasteiger partial charge in [-0.25, -0.2) is 9.78 Å². The molecule has 0 spiro atoms. The largest absolute Gasteiger partial charge is 0.481 e. The van der Waals surface area contributed by atoms with E-state index in [4.69, 9.17) is 5.11 Å². The number of likely N-dealkylation sites (tertiary alicyclic amines) is 1. The van der Waals surface area contributed by atoms with Crippen LogP contribution in [0.2, 0.25) is 0 Å². The van der Waals surface area contributed by atoms with Gasteiger partial charge in [-0.1, -0.05) is 0 Å². The highest BCUT2D eigenvalue weighted by molar-refractivity contribution is 5.89. The number of anilines is 1. The molecule has 1 fully saturated rings. The third-order valence-electron chi connectivity index (χ3n) is 4.27.